The molecule has 0 fully saturated rings. The quantitative estimate of drug-likeness (QED) is 0.612. The van der Waals surface area contributed by atoms with Crippen LogP contribution in [0, 0.1) is 0 Å². The lowest BCUT2D eigenvalue weighted by Gasteiger charge is -2.31. The van der Waals surface area contributed by atoms with Gasteiger partial charge < -0.3 is 5.11 Å². The van der Waals surface area contributed by atoms with Gasteiger partial charge in [-0.15, -0.1) is 11.6 Å². The fraction of sp³-hybridized carbons (Fsp3) is 0.538. The third kappa shape index (κ3) is 4.12. The largest absolute Gasteiger partial charge is 0.378 e. The first-order valence-electron chi connectivity index (χ1n) is 5.69. The molecule has 0 saturated carbocycles. The summed E-state index contributed by atoms with van der Waals surface area (Å²) >= 11 is 5.66. The maximum atomic E-state index is 9.98. The lowest BCUT2D eigenvalue weighted by atomic mass is 10.1. The molecule has 1 N–H and O–H groups in total. The van der Waals surface area contributed by atoms with E-state index in [-0.39, 0.29) is 0 Å². The summed E-state index contributed by atoms with van der Waals surface area (Å²) in [5.74, 6) is 0.485. The predicted octanol–water partition coefficient (Wildman–Crippen LogP) is 2.84. The van der Waals surface area contributed by atoms with Crippen molar-refractivity contribution in [2.75, 3.05) is 5.88 Å². The van der Waals surface area contributed by atoms with Crippen LogP contribution in [0.15, 0.2) is 30.3 Å². The van der Waals surface area contributed by atoms with Gasteiger partial charge in [-0.05, 0) is 19.4 Å². The zero-order valence-corrected chi connectivity index (χ0v) is 10.7. The van der Waals surface area contributed by atoms with E-state index in [1.54, 1.807) is 0 Å². The molecule has 1 unspecified atom stereocenters. The minimum atomic E-state index is -0.460. The van der Waals surface area contributed by atoms with Gasteiger partial charge in [-0.2, -0.15) is 0 Å². The van der Waals surface area contributed by atoms with Crippen LogP contribution in [-0.2, 0) is 6.54 Å². The van der Waals surface area contributed by atoms with Gasteiger partial charge >= 0.3 is 0 Å². The number of aliphatic hydroxyl groups is 1. The maximum Gasteiger partial charge on any atom is 0.109 e. The zero-order chi connectivity index (χ0) is 12.0. The molecule has 0 heterocycles. The van der Waals surface area contributed by atoms with Crippen LogP contribution >= 0.6 is 11.6 Å². The third-order valence-corrected chi connectivity index (χ3v) is 2.84. The summed E-state index contributed by atoms with van der Waals surface area (Å²) < 4.78 is 0. The van der Waals surface area contributed by atoms with Gasteiger partial charge in [0.1, 0.15) is 6.23 Å². The third-order valence-electron chi connectivity index (χ3n) is 2.62. The van der Waals surface area contributed by atoms with Crippen molar-refractivity contribution in [1.29, 1.82) is 0 Å². The van der Waals surface area contributed by atoms with Crippen molar-refractivity contribution in [3.63, 3.8) is 0 Å². The minimum Gasteiger partial charge on any atom is -0.378 e. The van der Waals surface area contributed by atoms with Crippen molar-refractivity contribution in [3.05, 3.63) is 35.9 Å². The Labute approximate surface area is 103 Å². The molecule has 1 atom stereocenters. The van der Waals surface area contributed by atoms with E-state index in [4.69, 9.17) is 11.6 Å². The van der Waals surface area contributed by atoms with E-state index >= 15 is 0 Å². The molecule has 3 heteroatoms. The Balaban J connectivity index is 2.65. The lowest BCUT2D eigenvalue weighted by molar-refractivity contribution is -0.0241. The molecule has 0 aliphatic rings. The van der Waals surface area contributed by atoms with E-state index in [1.165, 1.54) is 5.56 Å². The fourth-order valence-corrected chi connectivity index (χ4v) is 1.88. The molecular formula is C13H20ClNO. The molecule has 0 radical (unpaired) electrons. The van der Waals surface area contributed by atoms with Gasteiger partial charge in [0.05, 0.1) is 0 Å². The van der Waals surface area contributed by atoms with Gasteiger partial charge in [-0.1, -0.05) is 30.3 Å². The van der Waals surface area contributed by atoms with E-state index in [0.29, 0.717) is 18.3 Å². The standard InChI is InChI=1S/C13H20ClNO/c1-11(2)15(13(16)8-9-14)10-12-6-4-3-5-7-12/h3-7,11,13,16H,8-10H2,1-2H3. The molecule has 90 valence electrons. The van der Waals surface area contributed by atoms with E-state index in [0.717, 1.165) is 6.54 Å². The first kappa shape index (κ1) is 13.5. The summed E-state index contributed by atoms with van der Waals surface area (Å²) in [5, 5.41) is 9.98. The second kappa shape index (κ2) is 6.89. The number of hydrogen-bond donors (Lipinski definition) is 1. The van der Waals surface area contributed by atoms with Crippen molar-refractivity contribution in [1.82, 2.24) is 4.90 Å². The topological polar surface area (TPSA) is 23.5 Å². The molecule has 0 saturated heterocycles. The van der Waals surface area contributed by atoms with Gasteiger partial charge in [0.25, 0.3) is 0 Å². The SMILES string of the molecule is CC(C)N(Cc1ccccc1)C(O)CCCl. The van der Waals surface area contributed by atoms with Gasteiger partial charge in [-0.3, -0.25) is 4.90 Å². The van der Waals surface area contributed by atoms with Gasteiger partial charge in [0.2, 0.25) is 0 Å². The highest BCUT2D eigenvalue weighted by Crippen LogP contribution is 2.13. The fourth-order valence-electron chi connectivity index (χ4n) is 1.69. The van der Waals surface area contributed by atoms with Crippen LogP contribution in [0.25, 0.3) is 0 Å². The monoisotopic (exact) mass is 241 g/mol. The molecule has 0 aromatic heterocycles. The second-order valence-electron chi connectivity index (χ2n) is 4.21. The Bertz CT molecular complexity index is 289. The summed E-state index contributed by atoms with van der Waals surface area (Å²) in [6.07, 6.45) is 0.143. The number of hydrogen-bond acceptors (Lipinski definition) is 2. The zero-order valence-electron chi connectivity index (χ0n) is 9.94. The summed E-state index contributed by atoms with van der Waals surface area (Å²) in [6, 6.07) is 10.5. The summed E-state index contributed by atoms with van der Waals surface area (Å²) in [6.45, 7) is 4.93. The number of alkyl halides is 1. The summed E-state index contributed by atoms with van der Waals surface area (Å²) in [4.78, 5) is 2.05. The van der Waals surface area contributed by atoms with Crippen LogP contribution in [0.1, 0.15) is 25.8 Å². The van der Waals surface area contributed by atoms with Gasteiger partial charge in [0, 0.05) is 24.9 Å². The molecule has 1 aromatic carbocycles. The molecule has 16 heavy (non-hydrogen) atoms. The minimum absolute atomic E-state index is 0.304. The first-order valence-corrected chi connectivity index (χ1v) is 6.22. The molecule has 0 spiro atoms. The van der Waals surface area contributed by atoms with Crippen LogP contribution in [0.2, 0.25) is 0 Å². The predicted molar refractivity (Wildman–Crippen MR) is 68.5 cm³/mol. The Morgan fingerprint density at radius 1 is 1.25 bits per heavy atom. The van der Waals surface area contributed by atoms with E-state index in [9.17, 15) is 5.11 Å². The van der Waals surface area contributed by atoms with E-state index in [2.05, 4.69) is 30.9 Å². The number of aliphatic hydroxyl groups excluding tert-OH is 1. The van der Waals surface area contributed by atoms with Crippen LogP contribution in [0.5, 0.6) is 0 Å². The highest BCUT2D eigenvalue weighted by Gasteiger charge is 2.18. The average Bonchev–Trinajstić information content (AvgIpc) is 2.27. The van der Waals surface area contributed by atoms with E-state index < -0.39 is 6.23 Å². The first-order chi connectivity index (χ1) is 7.65. The Kier molecular flexibility index (Phi) is 5.81. The van der Waals surface area contributed by atoms with Crippen molar-refractivity contribution < 1.29 is 5.11 Å². The highest BCUT2D eigenvalue weighted by molar-refractivity contribution is 6.17. The number of benzene rings is 1. The van der Waals surface area contributed by atoms with Gasteiger partial charge in [0.15, 0.2) is 0 Å². The van der Waals surface area contributed by atoms with Crippen molar-refractivity contribution in [3.8, 4) is 0 Å². The smallest absolute Gasteiger partial charge is 0.109 e. The molecule has 0 aliphatic carbocycles. The number of nitrogens with zero attached hydrogens (tertiary/aromatic N) is 1. The average molecular weight is 242 g/mol. The van der Waals surface area contributed by atoms with Crippen molar-refractivity contribution in [2.24, 2.45) is 0 Å². The molecule has 0 aliphatic heterocycles. The summed E-state index contributed by atoms with van der Waals surface area (Å²) in [5.41, 5.74) is 1.21. The Hall–Kier alpha value is -0.570. The lowest BCUT2D eigenvalue weighted by Crippen LogP contribution is -2.40. The van der Waals surface area contributed by atoms with Crippen LogP contribution in [0.4, 0.5) is 0 Å². The van der Waals surface area contributed by atoms with E-state index in [1.807, 2.05) is 18.2 Å². The van der Waals surface area contributed by atoms with Gasteiger partial charge in [-0.25, -0.2) is 0 Å². The van der Waals surface area contributed by atoms with Crippen LogP contribution in [-0.4, -0.2) is 28.2 Å². The number of rotatable bonds is 6. The highest BCUT2D eigenvalue weighted by atomic mass is 35.5. The van der Waals surface area contributed by atoms with Crippen LogP contribution in [0.3, 0.4) is 0 Å². The Morgan fingerprint density at radius 2 is 1.88 bits per heavy atom. The van der Waals surface area contributed by atoms with Crippen molar-refractivity contribution >= 4 is 11.6 Å². The molecule has 0 bridgehead atoms. The number of halogens is 1. The maximum absolute atomic E-state index is 9.98. The van der Waals surface area contributed by atoms with Crippen LogP contribution < -0.4 is 0 Å². The Morgan fingerprint density at radius 3 is 2.38 bits per heavy atom. The molecule has 0 amide bonds. The van der Waals surface area contributed by atoms with Crippen molar-refractivity contribution in [2.45, 2.75) is 39.1 Å². The summed E-state index contributed by atoms with van der Waals surface area (Å²) in [7, 11) is 0. The normalized spacial score (nSPS) is 13.4. The molecule has 1 rings (SSSR count). The molecule has 1 aromatic rings. The molecule has 2 nitrogen and oxygen atoms in total. The second-order valence-corrected chi connectivity index (χ2v) is 4.59. The molecular weight excluding hydrogens is 222 g/mol.